The highest BCUT2D eigenvalue weighted by atomic mass is 19.1. The van der Waals surface area contributed by atoms with Gasteiger partial charge in [0.2, 0.25) is 0 Å². The Labute approximate surface area is 109 Å². The number of anilines is 1. The Hall–Kier alpha value is -2.43. The maximum atomic E-state index is 13.8. The number of pyridine rings is 1. The van der Waals surface area contributed by atoms with Crippen molar-refractivity contribution in [2.75, 3.05) is 11.9 Å². The van der Waals surface area contributed by atoms with Crippen LogP contribution in [0.2, 0.25) is 0 Å². The van der Waals surface area contributed by atoms with Crippen molar-refractivity contribution in [3.63, 3.8) is 0 Å². The minimum atomic E-state index is -0.885. The summed E-state index contributed by atoms with van der Waals surface area (Å²) < 4.78 is 13.8. The van der Waals surface area contributed by atoms with Crippen molar-refractivity contribution in [2.45, 2.75) is 6.42 Å². The Morgan fingerprint density at radius 1 is 1.26 bits per heavy atom. The SMILES string of the molecule is O=C(O)CCNc1cnccc1-c1ccccc1F. The topological polar surface area (TPSA) is 62.2 Å². The lowest BCUT2D eigenvalue weighted by molar-refractivity contribution is -0.136. The molecule has 2 aromatic rings. The average Bonchev–Trinajstić information content (AvgIpc) is 2.40. The number of aliphatic carboxylic acids is 1. The van der Waals surface area contributed by atoms with Crippen LogP contribution in [0.5, 0.6) is 0 Å². The molecule has 5 heteroatoms. The van der Waals surface area contributed by atoms with Gasteiger partial charge in [-0.05, 0) is 12.1 Å². The van der Waals surface area contributed by atoms with Crippen LogP contribution in [0.25, 0.3) is 11.1 Å². The fourth-order valence-corrected chi connectivity index (χ4v) is 1.75. The molecule has 4 nitrogen and oxygen atoms in total. The van der Waals surface area contributed by atoms with Gasteiger partial charge in [0.05, 0.1) is 18.3 Å². The first-order valence-corrected chi connectivity index (χ1v) is 5.83. The predicted octanol–water partition coefficient (Wildman–Crippen LogP) is 2.77. The molecule has 1 heterocycles. The molecule has 0 unspecified atom stereocenters. The highest BCUT2D eigenvalue weighted by Gasteiger charge is 2.09. The first-order valence-electron chi connectivity index (χ1n) is 5.83. The zero-order chi connectivity index (χ0) is 13.7. The van der Waals surface area contributed by atoms with Crippen molar-refractivity contribution in [1.82, 2.24) is 4.98 Å². The molecular formula is C14H13FN2O2. The van der Waals surface area contributed by atoms with Gasteiger partial charge in [-0.3, -0.25) is 9.78 Å². The normalized spacial score (nSPS) is 10.2. The van der Waals surface area contributed by atoms with E-state index in [1.54, 1.807) is 36.7 Å². The van der Waals surface area contributed by atoms with Gasteiger partial charge in [-0.1, -0.05) is 18.2 Å². The Balaban J connectivity index is 2.26. The van der Waals surface area contributed by atoms with Crippen LogP contribution in [0.3, 0.4) is 0 Å². The van der Waals surface area contributed by atoms with Gasteiger partial charge in [0.25, 0.3) is 0 Å². The Morgan fingerprint density at radius 2 is 2.05 bits per heavy atom. The number of halogens is 1. The monoisotopic (exact) mass is 260 g/mol. The van der Waals surface area contributed by atoms with Crippen LogP contribution >= 0.6 is 0 Å². The fourth-order valence-electron chi connectivity index (χ4n) is 1.75. The van der Waals surface area contributed by atoms with Gasteiger partial charge < -0.3 is 10.4 Å². The number of nitrogens with zero attached hydrogens (tertiary/aromatic N) is 1. The van der Waals surface area contributed by atoms with Gasteiger partial charge in [-0.15, -0.1) is 0 Å². The van der Waals surface area contributed by atoms with E-state index in [1.165, 1.54) is 6.07 Å². The van der Waals surface area contributed by atoms with Crippen LogP contribution in [0, 0.1) is 5.82 Å². The minimum Gasteiger partial charge on any atom is -0.481 e. The van der Waals surface area contributed by atoms with Gasteiger partial charge in [-0.25, -0.2) is 4.39 Å². The Bertz CT molecular complexity index is 587. The van der Waals surface area contributed by atoms with Gasteiger partial charge in [0, 0.05) is 23.9 Å². The Kier molecular flexibility index (Phi) is 4.07. The number of benzene rings is 1. The molecule has 0 spiro atoms. The summed E-state index contributed by atoms with van der Waals surface area (Å²) in [6.07, 6.45) is 3.12. The third kappa shape index (κ3) is 3.28. The molecule has 0 radical (unpaired) electrons. The first kappa shape index (κ1) is 13.0. The summed E-state index contributed by atoms with van der Waals surface area (Å²) in [5.74, 6) is -1.21. The van der Waals surface area contributed by atoms with E-state index in [4.69, 9.17) is 5.11 Å². The van der Waals surface area contributed by atoms with Crippen molar-refractivity contribution in [3.8, 4) is 11.1 Å². The van der Waals surface area contributed by atoms with Gasteiger partial charge >= 0.3 is 5.97 Å². The second kappa shape index (κ2) is 5.95. The van der Waals surface area contributed by atoms with Crippen molar-refractivity contribution < 1.29 is 14.3 Å². The van der Waals surface area contributed by atoms with E-state index in [0.717, 1.165) is 0 Å². The molecule has 0 fully saturated rings. The molecule has 0 saturated carbocycles. The summed E-state index contributed by atoms with van der Waals surface area (Å²) in [6.45, 7) is 0.266. The van der Waals surface area contributed by atoms with E-state index in [1.807, 2.05) is 0 Å². The average molecular weight is 260 g/mol. The first-order chi connectivity index (χ1) is 9.18. The summed E-state index contributed by atoms with van der Waals surface area (Å²) in [4.78, 5) is 14.4. The number of rotatable bonds is 5. The van der Waals surface area contributed by atoms with Crippen molar-refractivity contribution in [1.29, 1.82) is 0 Å². The smallest absolute Gasteiger partial charge is 0.305 e. The summed E-state index contributed by atoms with van der Waals surface area (Å²) in [5.41, 5.74) is 1.75. The number of carboxylic acids is 1. The van der Waals surface area contributed by atoms with Crippen LogP contribution in [0.4, 0.5) is 10.1 Å². The third-order valence-electron chi connectivity index (χ3n) is 2.64. The molecule has 0 atom stereocenters. The van der Waals surface area contributed by atoms with E-state index in [2.05, 4.69) is 10.3 Å². The molecule has 1 aromatic heterocycles. The summed E-state index contributed by atoms with van der Waals surface area (Å²) in [6, 6.07) is 8.13. The predicted molar refractivity (Wildman–Crippen MR) is 70.4 cm³/mol. The molecule has 0 saturated heterocycles. The highest BCUT2D eigenvalue weighted by molar-refractivity contribution is 5.77. The van der Waals surface area contributed by atoms with Crippen molar-refractivity contribution in [3.05, 3.63) is 48.5 Å². The quantitative estimate of drug-likeness (QED) is 0.867. The second-order valence-corrected chi connectivity index (χ2v) is 3.97. The summed E-state index contributed by atoms with van der Waals surface area (Å²) >= 11 is 0. The lowest BCUT2D eigenvalue weighted by Crippen LogP contribution is -2.08. The molecule has 0 amide bonds. The molecule has 0 aliphatic heterocycles. The lowest BCUT2D eigenvalue weighted by Gasteiger charge is -2.11. The molecular weight excluding hydrogens is 247 g/mol. The number of hydrogen-bond donors (Lipinski definition) is 2. The number of hydrogen-bond acceptors (Lipinski definition) is 3. The van der Waals surface area contributed by atoms with E-state index < -0.39 is 5.97 Å². The maximum absolute atomic E-state index is 13.8. The number of nitrogens with one attached hydrogen (secondary N) is 1. The van der Waals surface area contributed by atoms with Gasteiger partial charge in [0.1, 0.15) is 5.82 Å². The van der Waals surface area contributed by atoms with E-state index in [-0.39, 0.29) is 18.8 Å². The molecule has 98 valence electrons. The van der Waals surface area contributed by atoms with Crippen LogP contribution in [0.1, 0.15) is 6.42 Å². The third-order valence-corrected chi connectivity index (χ3v) is 2.64. The van der Waals surface area contributed by atoms with Crippen LogP contribution in [-0.4, -0.2) is 22.6 Å². The number of carboxylic acid groups (broad SMARTS) is 1. The summed E-state index contributed by atoms with van der Waals surface area (Å²) in [7, 11) is 0. The highest BCUT2D eigenvalue weighted by Crippen LogP contribution is 2.28. The second-order valence-electron chi connectivity index (χ2n) is 3.97. The molecule has 1 aromatic carbocycles. The van der Waals surface area contributed by atoms with Gasteiger partial charge in [-0.2, -0.15) is 0 Å². The van der Waals surface area contributed by atoms with Crippen LogP contribution < -0.4 is 5.32 Å². The van der Waals surface area contributed by atoms with Gasteiger partial charge in [0.15, 0.2) is 0 Å². The Morgan fingerprint density at radius 3 is 2.79 bits per heavy atom. The molecule has 2 N–H and O–H groups in total. The minimum absolute atomic E-state index is 0.00833. The molecule has 2 rings (SSSR count). The van der Waals surface area contributed by atoms with E-state index in [0.29, 0.717) is 16.8 Å². The lowest BCUT2D eigenvalue weighted by atomic mass is 10.0. The molecule has 19 heavy (non-hydrogen) atoms. The maximum Gasteiger partial charge on any atom is 0.305 e. The van der Waals surface area contributed by atoms with Crippen molar-refractivity contribution in [2.24, 2.45) is 0 Å². The largest absolute Gasteiger partial charge is 0.481 e. The zero-order valence-electron chi connectivity index (χ0n) is 10.1. The van der Waals surface area contributed by atoms with Crippen LogP contribution in [-0.2, 0) is 4.79 Å². The number of carbonyl (C=O) groups is 1. The fraction of sp³-hybridized carbons (Fsp3) is 0.143. The van der Waals surface area contributed by atoms with Crippen molar-refractivity contribution >= 4 is 11.7 Å². The van der Waals surface area contributed by atoms with Crippen LogP contribution in [0.15, 0.2) is 42.7 Å². The standard InChI is InChI=1S/C14H13FN2O2/c15-12-4-2-1-3-10(12)11-5-7-16-9-13(11)17-8-6-14(18)19/h1-5,7,9,17H,6,8H2,(H,18,19). The van der Waals surface area contributed by atoms with E-state index in [9.17, 15) is 9.18 Å². The number of aromatic nitrogens is 1. The molecule has 0 bridgehead atoms. The molecule has 0 aliphatic rings. The zero-order valence-corrected chi connectivity index (χ0v) is 10.1. The molecule has 0 aliphatic carbocycles. The summed E-state index contributed by atoms with van der Waals surface area (Å²) in [5, 5.41) is 11.6. The van der Waals surface area contributed by atoms with E-state index >= 15 is 0 Å².